The van der Waals surface area contributed by atoms with Crippen LogP contribution in [0.2, 0.25) is 0 Å². The number of esters is 6. The topological polar surface area (TPSA) is 347 Å². The summed E-state index contributed by atoms with van der Waals surface area (Å²) in [7, 11) is 0. The number of carbonyl (C=O) groups excluding carboxylic acids is 9. The molecule has 26 heteroatoms. The van der Waals surface area contributed by atoms with Gasteiger partial charge in [-0.1, -0.05) is 0 Å². The average Bonchev–Trinajstić information content (AvgIpc) is 3.23. The normalized spacial score (nSPS) is 24.9. The zero-order valence-electron chi connectivity index (χ0n) is 38.8. The minimum Gasteiger partial charge on any atom is -0.463 e. The van der Waals surface area contributed by atoms with E-state index < -0.39 is 135 Å². The van der Waals surface area contributed by atoms with Crippen LogP contribution < -0.4 is 21.7 Å². The Morgan fingerprint density at radius 3 is 1.36 bits per heavy atom. The summed E-state index contributed by atoms with van der Waals surface area (Å²) in [5.41, 5.74) is 6.27. The lowest BCUT2D eigenvalue weighted by Gasteiger charge is -2.44. The van der Waals surface area contributed by atoms with Gasteiger partial charge in [0.05, 0.1) is 6.04 Å². The van der Waals surface area contributed by atoms with Crippen LogP contribution in [0.25, 0.3) is 0 Å². The first-order valence-electron chi connectivity index (χ1n) is 21.7. The van der Waals surface area contributed by atoms with E-state index in [0.29, 0.717) is 38.5 Å². The number of alkyl carbamates (subject to hydrolysis) is 2. The number of hydrogen-bond acceptors (Lipinski definition) is 23. The van der Waals surface area contributed by atoms with Crippen LogP contribution in [0.3, 0.4) is 0 Å². The highest BCUT2D eigenvalue weighted by Crippen LogP contribution is 2.29. The van der Waals surface area contributed by atoms with Crippen molar-refractivity contribution in [1.82, 2.24) is 16.0 Å². The molecule has 0 bridgehead atoms. The van der Waals surface area contributed by atoms with Gasteiger partial charge in [-0.2, -0.15) is 0 Å². The van der Waals surface area contributed by atoms with Gasteiger partial charge in [0.15, 0.2) is 37.0 Å². The summed E-state index contributed by atoms with van der Waals surface area (Å²) in [6, 6.07) is -2.15. The number of unbranched alkanes of at least 4 members (excludes halogenated alkanes) is 4. The minimum absolute atomic E-state index is 0.0870. The molecule has 2 aliphatic heterocycles. The summed E-state index contributed by atoms with van der Waals surface area (Å²) in [6.45, 7) is 7.23. The zero-order valence-corrected chi connectivity index (χ0v) is 38.8. The molecule has 67 heavy (non-hydrogen) atoms. The molecule has 2 rings (SSSR count). The van der Waals surface area contributed by atoms with Crippen LogP contribution in [0.4, 0.5) is 9.59 Å². The van der Waals surface area contributed by atoms with Gasteiger partial charge in [0, 0.05) is 74.8 Å². The van der Waals surface area contributed by atoms with Gasteiger partial charge in [0.1, 0.15) is 50.8 Å². The first-order valence-corrected chi connectivity index (χ1v) is 21.7. The molecule has 1 unspecified atom stereocenters. The molecule has 2 aliphatic rings. The number of hydrogen-bond donors (Lipinski definition) is 5. The lowest BCUT2D eigenvalue weighted by atomic mass is 9.96. The van der Waals surface area contributed by atoms with Gasteiger partial charge in [-0.25, -0.2) is 9.59 Å². The molecule has 382 valence electrons. The van der Waals surface area contributed by atoms with Crippen molar-refractivity contribution < 1.29 is 105 Å². The predicted molar refractivity (Wildman–Crippen MR) is 223 cm³/mol. The van der Waals surface area contributed by atoms with Gasteiger partial charge in [-0.05, 0) is 38.5 Å². The third kappa shape index (κ3) is 23.2. The molecule has 2 heterocycles. The van der Waals surface area contributed by atoms with Crippen LogP contribution in [0.1, 0.15) is 87.0 Å². The van der Waals surface area contributed by atoms with Crippen molar-refractivity contribution in [1.29, 1.82) is 0 Å². The summed E-state index contributed by atoms with van der Waals surface area (Å²) in [5, 5.41) is 17.8. The van der Waals surface area contributed by atoms with Crippen molar-refractivity contribution in [2.24, 2.45) is 5.73 Å². The van der Waals surface area contributed by atoms with Gasteiger partial charge >= 0.3 is 48.0 Å². The highest BCUT2D eigenvalue weighted by Gasteiger charge is 2.52. The third-order valence-electron chi connectivity index (χ3n) is 9.38. The van der Waals surface area contributed by atoms with Gasteiger partial charge in [-0.3, -0.25) is 33.6 Å². The van der Waals surface area contributed by atoms with E-state index in [1.54, 1.807) is 0 Å². The Balaban J connectivity index is 1.66. The Kier molecular flexibility index (Phi) is 26.5. The number of ether oxygens (including phenoxy) is 12. The fourth-order valence-electron chi connectivity index (χ4n) is 6.60. The summed E-state index contributed by atoms with van der Waals surface area (Å²) in [5.74, 6) is -4.61. The molecule has 2 fully saturated rings. The van der Waals surface area contributed by atoms with Crippen LogP contribution in [0.5, 0.6) is 0 Å². The van der Waals surface area contributed by atoms with Crippen molar-refractivity contribution >= 4 is 53.9 Å². The summed E-state index contributed by atoms with van der Waals surface area (Å²) in [4.78, 5) is 107. The number of carbonyl (C=O) groups is 9. The van der Waals surface area contributed by atoms with E-state index in [9.17, 15) is 48.3 Å². The molecule has 0 aromatic carbocycles. The molecule has 0 spiro atoms. The standard InChI is InChI=1S/C41H66N4O22/c1-22(46)45-33-37(65-28(7)52)35(63-26(5)50)31(21-59-24(3)48)67-39(33)57-17-13-9-11-15-44-41(55)61-19-29(53)18-60-40(54)43-14-10-8-12-16-56-38-32(42)36(64-27(6)51)34(62-25(4)49)30(66-38)20-58-23(2)47/h29-39,53H,8-21,42H2,1-7H3,(H,43,54)(H,44,55)(H,45,46)/t29?,30-,31-,32-,33-,34+,35+,36-,37-,38-,39-/m1/s1. The number of nitrogens with two attached hydrogens (primary N) is 1. The Morgan fingerprint density at radius 2 is 0.925 bits per heavy atom. The second-order valence-corrected chi connectivity index (χ2v) is 15.4. The minimum atomic E-state index is -1.31. The molecule has 6 N–H and O–H groups in total. The molecular formula is C41H66N4O22. The Bertz CT molecular complexity index is 1640. The molecular weight excluding hydrogens is 900 g/mol. The maximum absolute atomic E-state index is 12.1. The number of aliphatic hydroxyl groups excluding tert-OH is 1. The van der Waals surface area contributed by atoms with E-state index >= 15 is 0 Å². The predicted octanol–water partition coefficient (Wildman–Crippen LogP) is -0.692. The smallest absolute Gasteiger partial charge is 0.407 e. The number of amides is 3. The molecule has 0 saturated carbocycles. The lowest BCUT2D eigenvalue weighted by molar-refractivity contribution is -0.277. The van der Waals surface area contributed by atoms with E-state index in [1.165, 1.54) is 20.8 Å². The zero-order chi connectivity index (χ0) is 50.1. The van der Waals surface area contributed by atoms with E-state index in [-0.39, 0.29) is 39.5 Å². The average molecular weight is 967 g/mol. The van der Waals surface area contributed by atoms with Gasteiger partial charge in [0.25, 0.3) is 0 Å². The lowest BCUT2D eigenvalue weighted by Crippen LogP contribution is -2.66. The van der Waals surface area contributed by atoms with E-state index in [1.807, 2.05) is 0 Å². The second kappa shape index (κ2) is 30.8. The first kappa shape index (κ1) is 57.7. The van der Waals surface area contributed by atoms with Crippen LogP contribution in [0, 0.1) is 0 Å². The van der Waals surface area contributed by atoms with Crippen molar-refractivity contribution in [3.05, 3.63) is 0 Å². The van der Waals surface area contributed by atoms with Gasteiger partial charge < -0.3 is 83.6 Å². The highest BCUT2D eigenvalue weighted by atomic mass is 16.7. The Morgan fingerprint density at radius 1 is 0.522 bits per heavy atom. The molecule has 3 amide bonds. The molecule has 0 aliphatic carbocycles. The Labute approximate surface area is 387 Å². The maximum Gasteiger partial charge on any atom is 0.407 e. The number of aliphatic hydroxyl groups is 1. The van der Waals surface area contributed by atoms with Crippen molar-refractivity contribution in [2.45, 2.75) is 154 Å². The van der Waals surface area contributed by atoms with E-state index in [4.69, 9.17) is 62.6 Å². The number of rotatable bonds is 27. The summed E-state index contributed by atoms with van der Waals surface area (Å²) < 4.78 is 65.0. The molecule has 2 saturated heterocycles. The van der Waals surface area contributed by atoms with Crippen LogP contribution in [-0.2, 0) is 90.4 Å². The molecule has 0 radical (unpaired) electrons. The molecule has 0 aromatic rings. The second-order valence-electron chi connectivity index (χ2n) is 15.4. The van der Waals surface area contributed by atoms with Crippen LogP contribution in [-0.4, -0.2) is 179 Å². The molecule has 11 atom stereocenters. The van der Waals surface area contributed by atoms with E-state index in [0.717, 1.165) is 27.7 Å². The fourth-order valence-corrected chi connectivity index (χ4v) is 6.60. The van der Waals surface area contributed by atoms with Gasteiger partial charge in [0.2, 0.25) is 5.91 Å². The number of nitrogens with one attached hydrogen (secondary N) is 3. The fraction of sp³-hybridized carbons (Fsp3) is 0.780. The van der Waals surface area contributed by atoms with Crippen LogP contribution >= 0.6 is 0 Å². The third-order valence-corrected chi connectivity index (χ3v) is 9.38. The van der Waals surface area contributed by atoms with Gasteiger partial charge in [-0.15, -0.1) is 0 Å². The SMILES string of the molecule is CC(=O)N[C@H]1[C@H](OCCCCCNC(=O)OCC(O)COC(=O)NCCCCCO[C@@H]2O[C@H](COC(C)=O)[C@H](OC(C)=O)[C@H](OC(C)=O)[C@H]2N)O[C@H](COC(C)=O)[C@H](OC(C)=O)[C@@H]1OC(C)=O. The van der Waals surface area contributed by atoms with Crippen molar-refractivity contribution in [3.8, 4) is 0 Å². The first-order chi connectivity index (χ1) is 31.7. The molecule has 26 nitrogen and oxygen atoms in total. The quantitative estimate of drug-likeness (QED) is 0.0386. The monoisotopic (exact) mass is 966 g/mol. The Hall–Kier alpha value is -5.41. The summed E-state index contributed by atoms with van der Waals surface area (Å²) >= 11 is 0. The molecule has 0 aromatic heterocycles. The largest absolute Gasteiger partial charge is 0.463 e. The highest BCUT2D eigenvalue weighted by molar-refractivity contribution is 5.74. The van der Waals surface area contributed by atoms with Crippen molar-refractivity contribution in [3.63, 3.8) is 0 Å². The van der Waals surface area contributed by atoms with Crippen molar-refractivity contribution in [2.75, 3.05) is 52.7 Å². The maximum atomic E-state index is 12.1. The summed E-state index contributed by atoms with van der Waals surface area (Å²) in [6.07, 6.45) is -9.11. The van der Waals surface area contributed by atoms with E-state index in [2.05, 4.69) is 16.0 Å². The van der Waals surface area contributed by atoms with Crippen LogP contribution in [0.15, 0.2) is 0 Å².